The highest BCUT2D eigenvalue weighted by Crippen LogP contribution is 2.11. The summed E-state index contributed by atoms with van der Waals surface area (Å²) in [6, 6.07) is 0. The van der Waals surface area contributed by atoms with E-state index < -0.39 is 6.29 Å². The van der Waals surface area contributed by atoms with Gasteiger partial charge in [0.1, 0.15) is 0 Å². The van der Waals surface area contributed by atoms with E-state index in [2.05, 4.69) is 13.8 Å². The van der Waals surface area contributed by atoms with E-state index in [0.29, 0.717) is 0 Å². The Morgan fingerprint density at radius 2 is 1.59 bits per heavy atom. The molecule has 1 N–H and O–H groups in total. The summed E-state index contributed by atoms with van der Waals surface area (Å²) in [6.07, 6.45) is 8.20. The van der Waals surface area contributed by atoms with E-state index in [9.17, 15) is 5.11 Å². The first-order valence-corrected chi connectivity index (χ1v) is 7.15. The highest BCUT2D eigenvalue weighted by Gasteiger charge is 2.11. The average molecular weight is 246 g/mol. The van der Waals surface area contributed by atoms with Crippen LogP contribution in [0.1, 0.15) is 72.1 Å². The molecule has 0 aromatic heterocycles. The third-order valence-corrected chi connectivity index (χ3v) is 2.69. The topological polar surface area (TPSA) is 38.7 Å². The minimum absolute atomic E-state index is 0.233. The number of aliphatic hydroxyl groups is 1. The molecule has 3 heteroatoms. The normalized spacial score (nSPS) is 14.8. The third-order valence-electron chi connectivity index (χ3n) is 2.69. The average Bonchev–Trinajstić information content (AvgIpc) is 2.28. The zero-order chi connectivity index (χ0) is 12.9. The monoisotopic (exact) mass is 246 g/mol. The number of unbranched alkanes of at least 4 members (excludes halogenated alkanes) is 5. The first-order valence-electron chi connectivity index (χ1n) is 7.15. The predicted molar refractivity (Wildman–Crippen MR) is 70.8 cm³/mol. The summed E-state index contributed by atoms with van der Waals surface area (Å²) in [5.41, 5.74) is 0. The highest BCUT2D eigenvalue weighted by atomic mass is 16.7. The van der Waals surface area contributed by atoms with Gasteiger partial charge in [0.05, 0.1) is 0 Å². The van der Waals surface area contributed by atoms with Gasteiger partial charge in [-0.2, -0.15) is 0 Å². The molecule has 0 radical (unpaired) electrons. The first-order chi connectivity index (χ1) is 8.20. The Morgan fingerprint density at radius 1 is 0.941 bits per heavy atom. The molecule has 0 spiro atoms. The smallest absolute Gasteiger partial charge is 0.160 e. The minimum Gasteiger partial charge on any atom is -0.368 e. The Bertz CT molecular complexity index is 148. The van der Waals surface area contributed by atoms with Crippen molar-refractivity contribution in [1.29, 1.82) is 0 Å². The maximum atomic E-state index is 9.22. The van der Waals surface area contributed by atoms with Crippen LogP contribution in [0.3, 0.4) is 0 Å². The van der Waals surface area contributed by atoms with Gasteiger partial charge in [0.15, 0.2) is 12.6 Å². The number of aliphatic hydroxyl groups excluding tert-OH is 1. The molecule has 0 aromatic rings. The van der Waals surface area contributed by atoms with Crippen molar-refractivity contribution < 1.29 is 14.6 Å². The van der Waals surface area contributed by atoms with Crippen LogP contribution < -0.4 is 0 Å². The van der Waals surface area contributed by atoms with Gasteiger partial charge in [0.25, 0.3) is 0 Å². The van der Waals surface area contributed by atoms with Crippen molar-refractivity contribution in [2.45, 2.75) is 84.7 Å². The summed E-state index contributed by atoms with van der Waals surface area (Å²) in [7, 11) is 0. The molecule has 0 aromatic carbocycles. The Labute approximate surface area is 107 Å². The zero-order valence-electron chi connectivity index (χ0n) is 11.8. The lowest BCUT2D eigenvalue weighted by molar-refractivity contribution is -0.224. The zero-order valence-corrected chi connectivity index (χ0v) is 11.8. The van der Waals surface area contributed by atoms with Gasteiger partial charge in [0.2, 0.25) is 0 Å². The largest absolute Gasteiger partial charge is 0.368 e. The molecule has 0 saturated heterocycles. The SMILES string of the molecule is CCCCCCOC(CCCCC)OC(C)O. The molecule has 2 atom stereocenters. The van der Waals surface area contributed by atoms with Gasteiger partial charge in [-0.1, -0.05) is 46.0 Å². The summed E-state index contributed by atoms with van der Waals surface area (Å²) < 4.78 is 11.0. The van der Waals surface area contributed by atoms with Crippen LogP contribution in [0.25, 0.3) is 0 Å². The maximum absolute atomic E-state index is 9.22. The predicted octanol–water partition coefficient (Wildman–Crippen LogP) is 3.84. The van der Waals surface area contributed by atoms with Crippen molar-refractivity contribution in [3.05, 3.63) is 0 Å². The van der Waals surface area contributed by atoms with Gasteiger partial charge in [0, 0.05) is 6.61 Å². The van der Waals surface area contributed by atoms with Crippen molar-refractivity contribution in [2.24, 2.45) is 0 Å². The van der Waals surface area contributed by atoms with Crippen LogP contribution in [0, 0.1) is 0 Å². The van der Waals surface area contributed by atoms with Gasteiger partial charge < -0.3 is 14.6 Å². The van der Waals surface area contributed by atoms with Crippen molar-refractivity contribution in [3.8, 4) is 0 Å². The second-order valence-electron chi connectivity index (χ2n) is 4.59. The number of hydrogen-bond acceptors (Lipinski definition) is 3. The molecule has 0 amide bonds. The van der Waals surface area contributed by atoms with Gasteiger partial charge >= 0.3 is 0 Å². The van der Waals surface area contributed by atoms with Crippen LogP contribution in [0.4, 0.5) is 0 Å². The van der Waals surface area contributed by atoms with E-state index in [1.807, 2.05) is 0 Å². The molecular weight excluding hydrogens is 216 g/mol. The van der Waals surface area contributed by atoms with Crippen LogP contribution in [0.2, 0.25) is 0 Å². The summed E-state index contributed by atoms with van der Waals surface area (Å²) in [5.74, 6) is 0. The van der Waals surface area contributed by atoms with Crippen LogP contribution in [-0.2, 0) is 9.47 Å². The van der Waals surface area contributed by atoms with Crippen LogP contribution >= 0.6 is 0 Å². The summed E-state index contributed by atoms with van der Waals surface area (Å²) in [4.78, 5) is 0. The molecule has 104 valence electrons. The summed E-state index contributed by atoms with van der Waals surface area (Å²) >= 11 is 0. The number of rotatable bonds is 12. The number of ether oxygens (including phenoxy) is 2. The molecule has 2 unspecified atom stereocenters. The molecule has 0 saturated carbocycles. The van der Waals surface area contributed by atoms with Crippen molar-refractivity contribution >= 4 is 0 Å². The molecule has 0 aliphatic carbocycles. The summed E-state index contributed by atoms with van der Waals surface area (Å²) in [6.45, 7) is 6.75. The molecule has 0 aliphatic rings. The van der Waals surface area contributed by atoms with Gasteiger partial charge in [-0.05, 0) is 26.2 Å². The van der Waals surface area contributed by atoms with Crippen LogP contribution in [0.5, 0.6) is 0 Å². The second kappa shape index (κ2) is 12.3. The fourth-order valence-electron chi connectivity index (χ4n) is 1.71. The standard InChI is InChI=1S/C14H30O3/c1-4-6-8-10-12-16-14(17-13(3)15)11-9-7-5-2/h13-15H,4-12H2,1-3H3. The van der Waals surface area contributed by atoms with E-state index in [1.165, 1.54) is 32.1 Å². The molecule has 0 heterocycles. The van der Waals surface area contributed by atoms with Crippen molar-refractivity contribution in [2.75, 3.05) is 6.61 Å². The van der Waals surface area contributed by atoms with Gasteiger partial charge in [-0.15, -0.1) is 0 Å². The van der Waals surface area contributed by atoms with E-state index >= 15 is 0 Å². The Balaban J connectivity index is 3.61. The Hall–Kier alpha value is -0.120. The molecule has 0 bridgehead atoms. The van der Waals surface area contributed by atoms with Crippen molar-refractivity contribution in [1.82, 2.24) is 0 Å². The quantitative estimate of drug-likeness (QED) is 0.420. The maximum Gasteiger partial charge on any atom is 0.160 e. The lowest BCUT2D eigenvalue weighted by Gasteiger charge is -2.20. The molecule has 3 nitrogen and oxygen atoms in total. The molecular formula is C14H30O3. The first kappa shape index (κ1) is 16.9. The van der Waals surface area contributed by atoms with E-state index in [-0.39, 0.29) is 6.29 Å². The third kappa shape index (κ3) is 12.1. The fourth-order valence-corrected chi connectivity index (χ4v) is 1.71. The second-order valence-corrected chi connectivity index (χ2v) is 4.59. The van der Waals surface area contributed by atoms with Crippen molar-refractivity contribution in [3.63, 3.8) is 0 Å². The Morgan fingerprint density at radius 3 is 2.18 bits per heavy atom. The van der Waals surface area contributed by atoms with Crippen LogP contribution in [0.15, 0.2) is 0 Å². The fraction of sp³-hybridized carbons (Fsp3) is 1.00. The van der Waals surface area contributed by atoms with E-state index in [1.54, 1.807) is 6.92 Å². The number of hydrogen-bond donors (Lipinski definition) is 1. The highest BCUT2D eigenvalue weighted by molar-refractivity contribution is 4.49. The molecule has 0 fully saturated rings. The lowest BCUT2D eigenvalue weighted by Crippen LogP contribution is -2.23. The molecule has 0 aliphatic heterocycles. The van der Waals surface area contributed by atoms with E-state index in [4.69, 9.17) is 9.47 Å². The lowest BCUT2D eigenvalue weighted by atomic mass is 10.2. The minimum atomic E-state index is -0.739. The molecule has 17 heavy (non-hydrogen) atoms. The van der Waals surface area contributed by atoms with Gasteiger partial charge in [-0.25, -0.2) is 0 Å². The Kier molecular flexibility index (Phi) is 12.3. The van der Waals surface area contributed by atoms with Crippen LogP contribution in [-0.4, -0.2) is 24.3 Å². The van der Waals surface area contributed by atoms with E-state index in [0.717, 1.165) is 25.9 Å². The van der Waals surface area contributed by atoms with Gasteiger partial charge in [-0.3, -0.25) is 0 Å². The summed E-state index contributed by atoms with van der Waals surface area (Å²) in [5, 5.41) is 9.22. The molecule has 0 rings (SSSR count).